The summed E-state index contributed by atoms with van der Waals surface area (Å²) in [5, 5.41) is 1.97. The van der Waals surface area contributed by atoms with Crippen molar-refractivity contribution < 1.29 is 4.79 Å². The first-order chi connectivity index (χ1) is 8.08. The predicted octanol–water partition coefficient (Wildman–Crippen LogP) is 3.95. The minimum Gasteiger partial charge on any atom is -0.292 e. The summed E-state index contributed by atoms with van der Waals surface area (Å²) in [5.74, 6) is 0.0747. The van der Waals surface area contributed by atoms with E-state index in [4.69, 9.17) is 0 Å². The summed E-state index contributed by atoms with van der Waals surface area (Å²) in [6.45, 7) is 3.90. The third-order valence-electron chi connectivity index (χ3n) is 2.49. The molecule has 2 heterocycles. The van der Waals surface area contributed by atoms with E-state index in [9.17, 15) is 4.79 Å². The van der Waals surface area contributed by atoms with Crippen molar-refractivity contribution in [1.82, 2.24) is 4.98 Å². The van der Waals surface area contributed by atoms with E-state index in [0.29, 0.717) is 12.1 Å². The fraction of sp³-hybridized carbons (Fsp3) is 0.231. The summed E-state index contributed by atoms with van der Waals surface area (Å²) < 4.78 is 1.00. The molecule has 0 atom stereocenters. The fourth-order valence-electron chi connectivity index (χ4n) is 1.69. The molecular formula is C13H12BrNOS. The largest absolute Gasteiger partial charge is 0.292 e. The monoisotopic (exact) mass is 309 g/mol. The third-order valence-corrected chi connectivity index (χ3v) is 4.42. The van der Waals surface area contributed by atoms with Gasteiger partial charge in [-0.05, 0) is 52.4 Å². The molecule has 0 spiro atoms. The van der Waals surface area contributed by atoms with Crippen LogP contribution in [-0.4, -0.2) is 10.8 Å². The van der Waals surface area contributed by atoms with Crippen LogP contribution in [0.5, 0.6) is 0 Å². The molecule has 0 N–H and O–H groups in total. The van der Waals surface area contributed by atoms with Gasteiger partial charge in [-0.15, -0.1) is 11.3 Å². The molecule has 0 aliphatic rings. The fourth-order valence-corrected chi connectivity index (χ4v) is 3.18. The van der Waals surface area contributed by atoms with Crippen LogP contribution in [0.3, 0.4) is 0 Å². The first-order valence-electron chi connectivity index (χ1n) is 5.26. The minimum atomic E-state index is 0.0747. The highest BCUT2D eigenvalue weighted by Crippen LogP contribution is 2.24. The number of aromatic nitrogens is 1. The number of ketones is 1. The lowest BCUT2D eigenvalue weighted by Gasteiger charge is -2.04. The second-order valence-corrected chi connectivity index (χ2v) is 5.82. The Morgan fingerprint density at radius 1 is 1.47 bits per heavy atom. The van der Waals surface area contributed by atoms with Gasteiger partial charge in [-0.25, -0.2) is 0 Å². The summed E-state index contributed by atoms with van der Waals surface area (Å²) in [7, 11) is 0. The van der Waals surface area contributed by atoms with Crippen molar-refractivity contribution in [2.75, 3.05) is 0 Å². The van der Waals surface area contributed by atoms with Crippen molar-refractivity contribution in [2.45, 2.75) is 20.3 Å². The van der Waals surface area contributed by atoms with Crippen LogP contribution in [0.25, 0.3) is 0 Å². The van der Waals surface area contributed by atoms with Crippen molar-refractivity contribution in [3.8, 4) is 0 Å². The van der Waals surface area contributed by atoms with Crippen LogP contribution >= 0.6 is 27.3 Å². The molecule has 4 heteroatoms. The Hall–Kier alpha value is -1.00. The Morgan fingerprint density at radius 2 is 2.24 bits per heavy atom. The summed E-state index contributed by atoms with van der Waals surface area (Å²) in [6, 6.07) is 3.95. The number of carbonyl (C=O) groups excluding carboxylic acids is 1. The molecule has 17 heavy (non-hydrogen) atoms. The second kappa shape index (κ2) is 5.10. The van der Waals surface area contributed by atoms with Gasteiger partial charge in [0.25, 0.3) is 0 Å². The van der Waals surface area contributed by atoms with E-state index < -0.39 is 0 Å². The van der Waals surface area contributed by atoms with Crippen LogP contribution in [0.15, 0.2) is 28.2 Å². The van der Waals surface area contributed by atoms with Gasteiger partial charge in [0.2, 0.25) is 0 Å². The number of hydrogen-bond acceptors (Lipinski definition) is 3. The summed E-state index contributed by atoms with van der Waals surface area (Å²) in [5.41, 5.74) is 2.61. The number of thiophene rings is 1. The third kappa shape index (κ3) is 2.82. The molecule has 0 saturated heterocycles. The number of nitrogens with zero attached hydrogens (tertiary/aromatic N) is 1. The zero-order valence-electron chi connectivity index (χ0n) is 9.66. The molecule has 0 saturated carbocycles. The van der Waals surface area contributed by atoms with Gasteiger partial charge in [0.1, 0.15) is 5.69 Å². The average molecular weight is 310 g/mol. The number of carbonyl (C=O) groups is 1. The standard InChI is InChI=1S/C13H12BrNOS/c1-8-5-9(2)13(15-7-8)11(16)6-12-10(14)3-4-17-12/h3-5,7H,6H2,1-2H3. The van der Waals surface area contributed by atoms with E-state index in [1.807, 2.05) is 31.4 Å². The van der Waals surface area contributed by atoms with Gasteiger partial charge in [0.15, 0.2) is 5.78 Å². The summed E-state index contributed by atoms with van der Waals surface area (Å²) in [4.78, 5) is 17.4. The van der Waals surface area contributed by atoms with Gasteiger partial charge < -0.3 is 0 Å². The number of hydrogen-bond donors (Lipinski definition) is 0. The van der Waals surface area contributed by atoms with Gasteiger partial charge in [0, 0.05) is 22.0 Å². The average Bonchev–Trinajstić information content (AvgIpc) is 2.64. The zero-order valence-corrected chi connectivity index (χ0v) is 12.1. The summed E-state index contributed by atoms with van der Waals surface area (Å²) >= 11 is 5.02. The quantitative estimate of drug-likeness (QED) is 0.804. The van der Waals surface area contributed by atoms with Crippen LogP contribution in [0, 0.1) is 13.8 Å². The Morgan fingerprint density at radius 3 is 2.82 bits per heavy atom. The number of pyridine rings is 1. The van der Waals surface area contributed by atoms with Gasteiger partial charge >= 0.3 is 0 Å². The molecule has 0 aliphatic carbocycles. The van der Waals surface area contributed by atoms with Crippen LogP contribution in [0.4, 0.5) is 0 Å². The molecular weight excluding hydrogens is 298 g/mol. The highest BCUT2D eigenvalue weighted by Gasteiger charge is 2.14. The first kappa shape index (κ1) is 12.5. The van der Waals surface area contributed by atoms with Crippen molar-refractivity contribution in [3.63, 3.8) is 0 Å². The van der Waals surface area contributed by atoms with E-state index in [0.717, 1.165) is 20.5 Å². The lowest BCUT2D eigenvalue weighted by molar-refractivity contribution is 0.0988. The lowest BCUT2D eigenvalue weighted by atomic mass is 10.1. The molecule has 2 aromatic heterocycles. The van der Waals surface area contributed by atoms with Gasteiger partial charge in [-0.3, -0.25) is 9.78 Å². The topological polar surface area (TPSA) is 30.0 Å². The molecule has 0 radical (unpaired) electrons. The van der Waals surface area contributed by atoms with E-state index >= 15 is 0 Å². The van der Waals surface area contributed by atoms with Gasteiger partial charge in [-0.1, -0.05) is 6.07 Å². The van der Waals surface area contributed by atoms with Crippen molar-refractivity contribution in [2.24, 2.45) is 0 Å². The summed E-state index contributed by atoms with van der Waals surface area (Å²) in [6.07, 6.45) is 2.15. The molecule has 0 amide bonds. The lowest BCUT2D eigenvalue weighted by Crippen LogP contribution is -2.07. The van der Waals surface area contributed by atoms with Crippen LogP contribution in [0.2, 0.25) is 0 Å². The maximum atomic E-state index is 12.1. The van der Waals surface area contributed by atoms with Crippen LogP contribution < -0.4 is 0 Å². The zero-order chi connectivity index (χ0) is 12.4. The van der Waals surface area contributed by atoms with Gasteiger partial charge in [-0.2, -0.15) is 0 Å². The Balaban J connectivity index is 2.23. The van der Waals surface area contributed by atoms with E-state index in [2.05, 4.69) is 20.9 Å². The molecule has 2 aromatic rings. The highest BCUT2D eigenvalue weighted by molar-refractivity contribution is 9.10. The first-order valence-corrected chi connectivity index (χ1v) is 6.93. The van der Waals surface area contributed by atoms with E-state index in [1.54, 1.807) is 17.5 Å². The predicted molar refractivity (Wildman–Crippen MR) is 73.8 cm³/mol. The SMILES string of the molecule is Cc1cnc(C(=O)Cc2sccc2Br)c(C)c1. The highest BCUT2D eigenvalue weighted by atomic mass is 79.9. The van der Waals surface area contributed by atoms with Crippen molar-refractivity contribution in [3.05, 3.63) is 49.9 Å². The Kier molecular flexibility index (Phi) is 3.74. The molecule has 0 unspecified atom stereocenters. The number of rotatable bonds is 3. The molecule has 2 rings (SSSR count). The second-order valence-electron chi connectivity index (χ2n) is 3.97. The maximum Gasteiger partial charge on any atom is 0.186 e. The van der Waals surface area contributed by atoms with Crippen molar-refractivity contribution in [1.29, 1.82) is 0 Å². The number of Topliss-reactive ketones (excluding diaryl/α,β-unsaturated/α-hetero) is 1. The van der Waals surface area contributed by atoms with Crippen LogP contribution in [-0.2, 0) is 6.42 Å². The smallest absolute Gasteiger partial charge is 0.186 e. The number of aryl methyl sites for hydroxylation is 2. The normalized spacial score (nSPS) is 10.5. The Bertz CT molecular complexity index is 562. The molecule has 88 valence electrons. The Labute approximate surface area is 113 Å². The van der Waals surface area contributed by atoms with E-state index in [1.165, 1.54) is 0 Å². The molecule has 0 fully saturated rings. The van der Waals surface area contributed by atoms with Crippen LogP contribution in [0.1, 0.15) is 26.5 Å². The molecule has 0 aromatic carbocycles. The molecule has 2 nitrogen and oxygen atoms in total. The minimum absolute atomic E-state index is 0.0747. The van der Waals surface area contributed by atoms with Gasteiger partial charge in [0.05, 0.1) is 0 Å². The maximum absolute atomic E-state index is 12.1. The van der Waals surface area contributed by atoms with E-state index in [-0.39, 0.29) is 5.78 Å². The molecule has 0 aliphatic heterocycles. The van der Waals surface area contributed by atoms with Crippen molar-refractivity contribution >= 4 is 33.0 Å². The molecule has 0 bridgehead atoms. The number of halogens is 1.